The monoisotopic (exact) mass is 401 g/mol. The molecule has 4 rings (SSSR count). The molecule has 1 aromatic carbocycles. The van der Waals surface area contributed by atoms with Gasteiger partial charge in [-0.25, -0.2) is 0 Å². The number of piperazine rings is 1. The zero-order valence-corrected chi connectivity index (χ0v) is 19.0. The molecule has 1 aromatic rings. The number of ether oxygens (including phenoxy) is 2. The summed E-state index contributed by atoms with van der Waals surface area (Å²) in [6.07, 6.45) is 3.54. The lowest BCUT2D eigenvalue weighted by Crippen LogP contribution is -2.45. The molecule has 3 unspecified atom stereocenters. The van der Waals surface area contributed by atoms with Gasteiger partial charge >= 0.3 is 0 Å². The van der Waals surface area contributed by atoms with Gasteiger partial charge in [0.2, 0.25) is 0 Å². The summed E-state index contributed by atoms with van der Waals surface area (Å²) < 4.78 is 11.7. The molecule has 3 aliphatic rings. The van der Waals surface area contributed by atoms with Crippen LogP contribution in [0.5, 0.6) is 5.75 Å². The van der Waals surface area contributed by atoms with Crippen LogP contribution in [0.1, 0.15) is 48.9 Å². The van der Waals surface area contributed by atoms with Crippen molar-refractivity contribution in [1.29, 1.82) is 0 Å². The van der Waals surface area contributed by atoms with Crippen LogP contribution in [0, 0.1) is 13.8 Å². The van der Waals surface area contributed by atoms with E-state index in [1.807, 2.05) is 0 Å². The molecule has 5 heteroatoms. The molecular formula is C24H39N3O2. The van der Waals surface area contributed by atoms with Crippen LogP contribution in [0.15, 0.2) is 12.1 Å². The Labute approximate surface area is 176 Å². The molecular weight excluding hydrogens is 362 g/mol. The molecule has 0 aliphatic carbocycles. The smallest absolute Gasteiger partial charge is 0.122 e. The first-order valence-electron chi connectivity index (χ1n) is 11.4. The second-order valence-corrected chi connectivity index (χ2v) is 9.46. The van der Waals surface area contributed by atoms with Crippen molar-refractivity contribution in [3.63, 3.8) is 0 Å². The maximum Gasteiger partial charge on any atom is 0.122 e. The molecule has 0 aromatic heterocycles. The SMILES string of the molecule is Cc1c(OCCCN(C)C2CCOC2)ccc([C@H](C)N2CC3CC2CN3C)c1C. The number of nitrogens with zero attached hydrogens (tertiary/aromatic N) is 3. The molecule has 4 atom stereocenters. The van der Waals surface area contributed by atoms with Gasteiger partial charge in [-0.15, -0.1) is 0 Å². The first-order valence-corrected chi connectivity index (χ1v) is 11.4. The summed E-state index contributed by atoms with van der Waals surface area (Å²) in [6.45, 7) is 12.9. The second kappa shape index (κ2) is 8.93. The van der Waals surface area contributed by atoms with Gasteiger partial charge in [-0.2, -0.15) is 0 Å². The topological polar surface area (TPSA) is 28.2 Å². The van der Waals surface area contributed by atoms with Crippen molar-refractivity contribution in [2.75, 3.05) is 53.6 Å². The van der Waals surface area contributed by atoms with Crippen molar-refractivity contribution < 1.29 is 9.47 Å². The van der Waals surface area contributed by atoms with Gasteiger partial charge < -0.3 is 19.3 Å². The molecule has 3 aliphatic heterocycles. The largest absolute Gasteiger partial charge is 0.493 e. The molecule has 2 bridgehead atoms. The van der Waals surface area contributed by atoms with Crippen LogP contribution in [-0.4, -0.2) is 86.4 Å². The zero-order chi connectivity index (χ0) is 20.5. The van der Waals surface area contributed by atoms with Crippen molar-refractivity contribution >= 4 is 0 Å². The predicted octanol–water partition coefficient (Wildman–Crippen LogP) is 3.24. The first kappa shape index (κ1) is 21.1. The Bertz CT molecular complexity index is 702. The van der Waals surface area contributed by atoms with Crippen LogP contribution < -0.4 is 4.74 Å². The van der Waals surface area contributed by atoms with E-state index in [-0.39, 0.29) is 0 Å². The number of benzene rings is 1. The molecule has 29 heavy (non-hydrogen) atoms. The van der Waals surface area contributed by atoms with E-state index in [2.05, 4.69) is 61.7 Å². The summed E-state index contributed by atoms with van der Waals surface area (Å²) in [5.74, 6) is 1.05. The van der Waals surface area contributed by atoms with Crippen LogP contribution in [0.2, 0.25) is 0 Å². The van der Waals surface area contributed by atoms with Gasteiger partial charge in [0.1, 0.15) is 5.75 Å². The maximum atomic E-state index is 6.18. The van der Waals surface area contributed by atoms with E-state index in [0.29, 0.717) is 12.1 Å². The number of likely N-dealkylation sites (N-methyl/N-ethyl adjacent to an activating group) is 2. The molecule has 162 valence electrons. The van der Waals surface area contributed by atoms with Crippen molar-refractivity contribution in [2.24, 2.45) is 0 Å². The Balaban J connectivity index is 1.31. The highest BCUT2D eigenvalue weighted by atomic mass is 16.5. The average Bonchev–Trinajstić information content (AvgIpc) is 3.44. The first-order chi connectivity index (χ1) is 14.0. The Kier molecular flexibility index (Phi) is 6.50. The molecule has 0 radical (unpaired) electrons. The number of rotatable bonds is 8. The summed E-state index contributed by atoms with van der Waals surface area (Å²) in [7, 11) is 4.47. The maximum absolute atomic E-state index is 6.18. The van der Waals surface area contributed by atoms with Crippen LogP contribution in [0.4, 0.5) is 0 Å². The van der Waals surface area contributed by atoms with Crippen LogP contribution in [-0.2, 0) is 4.74 Å². The summed E-state index contributed by atoms with van der Waals surface area (Å²) in [5.41, 5.74) is 4.16. The standard InChI is InChI=1S/C24H39N3O2/c1-17-18(2)24(29-11-6-10-25(4)20-9-12-28-16-20)8-7-23(17)19(3)27-15-21-13-22(27)14-26(21)5/h7-8,19-22H,6,9-16H2,1-5H3/t19-,20?,21?,22?/m0/s1. The average molecular weight is 402 g/mol. The zero-order valence-electron chi connectivity index (χ0n) is 19.0. The van der Waals surface area contributed by atoms with Crippen molar-refractivity contribution in [1.82, 2.24) is 14.7 Å². The third kappa shape index (κ3) is 4.34. The number of hydrogen-bond acceptors (Lipinski definition) is 5. The van der Waals surface area contributed by atoms with Crippen LogP contribution in [0.25, 0.3) is 0 Å². The normalized spacial score (nSPS) is 28.6. The van der Waals surface area contributed by atoms with Crippen molar-refractivity contribution in [2.45, 2.75) is 64.2 Å². The summed E-state index contributed by atoms with van der Waals surface area (Å²) in [5, 5.41) is 0. The third-order valence-corrected chi connectivity index (χ3v) is 7.73. The minimum absolute atomic E-state index is 0.480. The van der Waals surface area contributed by atoms with Gasteiger partial charge in [0.25, 0.3) is 0 Å². The summed E-state index contributed by atoms with van der Waals surface area (Å²) in [4.78, 5) is 7.66. The van der Waals surface area contributed by atoms with Crippen molar-refractivity contribution in [3.05, 3.63) is 28.8 Å². The van der Waals surface area contributed by atoms with Crippen LogP contribution >= 0.6 is 0 Å². The quantitative estimate of drug-likeness (QED) is 0.624. The highest BCUT2D eigenvalue weighted by Gasteiger charge is 2.43. The Morgan fingerprint density at radius 2 is 2.03 bits per heavy atom. The fourth-order valence-electron chi connectivity index (χ4n) is 5.52. The third-order valence-electron chi connectivity index (χ3n) is 7.73. The molecule has 3 saturated heterocycles. The molecule has 3 fully saturated rings. The lowest BCUT2D eigenvalue weighted by atomic mass is 9.96. The van der Waals surface area contributed by atoms with Crippen molar-refractivity contribution in [3.8, 4) is 5.75 Å². The molecule has 3 heterocycles. The van der Waals surface area contributed by atoms with Gasteiger partial charge in [-0.05, 0) is 76.9 Å². The van der Waals surface area contributed by atoms with E-state index < -0.39 is 0 Å². The van der Waals surface area contributed by atoms with Gasteiger partial charge in [0.15, 0.2) is 0 Å². The molecule has 0 amide bonds. The van der Waals surface area contributed by atoms with E-state index in [0.717, 1.165) is 57.0 Å². The Hall–Kier alpha value is -1.14. The van der Waals surface area contributed by atoms with Gasteiger partial charge in [0.05, 0.1) is 13.2 Å². The highest BCUT2D eigenvalue weighted by Crippen LogP contribution is 2.38. The fraction of sp³-hybridized carbons (Fsp3) is 0.750. The number of fused-ring (bicyclic) bond motifs is 2. The Morgan fingerprint density at radius 1 is 1.21 bits per heavy atom. The molecule has 0 N–H and O–H groups in total. The number of likely N-dealkylation sites (tertiary alicyclic amines) is 2. The summed E-state index contributed by atoms with van der Waals surface area (Å²) in [6, 6.07) is 7.04. The predicted molar refractivity (Wildman–Crippen MR) is 118 cm³/mol. The van der Waals surface area contributed by atoms with E-state index in [1.54, 1.807) is 0 Å². The second-order valence-electron chi connectivity index (χ2n) is 9.46. The number of hydrogen-bond donors (Lipinski definition) is 0. The Morgan fingerprint density at radius 3 is 2.69 bits per heavy atom. The van der Waals surface area contributed by atoms with E-state index in [9.17, 15) is 0 Å². The minimum Gasteiger partial charge on any atom is -0.493 e. The van der Waals surface area contributed by atoms with E-state index in [4.69, 9.17) is 9.47 Å². The van der Waals surface area contributed by atoms with Gasteiger partial charge in [0, 0.05) is 50.4 Å². The van der Waals surface area contributed by atoms with E-state index >= 15 is 0 Å². The molecule has 0 spiro atoms. The fourth-order valence-corrected chi connectivity index (χ4v) is 5.52. The molecule has 5 nitrogen and oxygen atoms in total. The lowest BCUT2D eigenvalue weighted by molar-refractivity contribution is 0.113. The van der Waals surface area contributed by atoms with Gasteiger partial charge in [-0.3, -0.25) is 4.90 Å². The van der Waals surface area contributed by atoms with E-state index in [1.165, 1.54) is 36.2 Å². The lowest BCUT2D eigenvalue weighted by Gasteiger charge is -2.37. The van der Waals surface area contributed by atoms with Gasteiger partial charge in [-0.1, -0.05) is 6.07 Å². The molecule has 0 saturated carbocycles. The van der Waals surface area contributed by atoms with Crippen LogP contribution in [0.3, 0.4) is 0 Å². The summed E-state index contributed by atoms with van der Waals surface area (Å²) >= 11 is 0. The minimum atomic E-state index is 0.480. The highest BCUT2D eigenvalue weighted by molar-refractivity contribution is 5.45.